The van der Waals surface area contributed by atoms with Crippen molar-refractivity contribution >= 4 is 11.9 Å². The normalized spacial score (nSPS) is 20.8. The molecule has 1 heterocycles. The van der Waals surface area contributed by atoms with Crippen molar-refractivity contribution < 1.29 is 23.8 Å². The molecule has 25 heavy (non-hydrogen) atoms. The van der Waals surface area contributed by atoms with E-state index in [9.17, 15) is 9.59 Å². The first kappa shape index (κ1) is 17.7. The van der Waals surface area contributed by atoms with E-state index in [4.69, 9.17) is 14.2 Å². The molecular weight excluding hydrogens is 322 g/mol. The summed E-state index contributed by atoms with van der Waals surface area (Å²) in [6, 6.07) is 6.86. The summed E-state index contributed by atoms with van der Waals surface area (Å²) in [5, 5.41) is 2.85. The Morgan fingerprint density at radius 3 is 2.64 bits per heavy atom. The highest BCUT2D eigenvalue weighted by Gasteiger charge is 2.29. The number of hydrogen-bond donors (Lipinski definition) is 1. The zero-order valence-corrected chi connectivity index (χ0v) is 14.5. The molecule has 136 valence electrons. The van der Waals surface area contributed by atoms with Crippen LogP contribution in [0.2, 0.25) is 0 Å². The van der Waals surface area contributed by atoms with Crippen LogP contribution in [0.4, 0.5) is 0 Å². The highest BCUT2D eigenvalue weighted by atomic mass is 16.5. The van der Waals surface area contributed by atoms with Crippen LogP contribution in [-0.4, -0.2) is 43.8 Å². The maximum Gasteiger partial charge on any atom is 0.338 e. The predicted octanol–water partition coefficient (Wildman–Crippen LogP) is 2.32. The minimum Gasteiger partial charge on any atom is -0.491 e. The molecule has 6 nitrogen and oxygen atoms in total. The van der Waals surface area contributed by atoms with Gasteiger partial charge in [-0.25, -0.2) is 4.79 Å². The van der Waals surface area contributed by atoms with Crippen molar-refractivity contribution in [3.8, 4) is 5.75 Å². The standard InChI is InChI=1S/C19H25NO5/c1-13(14-4-5-14)20-18(21)12-25-19(22)15-6-8-16(9-7-15)24-11-17-3-2-10-23-17/h6-9,13-14,17H,2-5,10-12H2,1H3,(H,20,21)/t13-,17+/m0/s1. The average molecular weight is 347 g/mol. The second-order valence-corrected chi connectivity index (χ2v) is 6.74. The van der Waals surface area contributed by atoms with Gasteiger partial charge in [0.25, 0.3) is 5.91 Å². The smallest absolute Gasteiger partial charge is 0.338 e. The molecule has 6 heteroatoms. The van der Waals surface area contributed by atoms with Crippen molar-refractivity contribution in [3.63, 3.8) is 0 Å². The molecule has 2 atom stereocenters. The molecule has 1 saturated carbocycles. The first-order chi connectivity index (χ1) is 12.1. The molecule has 1 aliphatic carbocycles. The van der Waals surface area contributed by atoms with Crippen LogP contribution in [0.25, 0.3) is 0 Å². The highest BCUT2D eigenvalue weighted by molar-refractivity contribution is 5.91. The third-order valence-corrected chi connectivity index (χ3v) is 4.60. The van der Waals surface area contributed by atoms with E-state index in [1.165, 1.54) is 0 Å². The van der Waals surface area contributed by atoms with Crippen molar-refractivity contribution in [1.29, 1.82) is 0 Å². The van der Waals surface area contributed by atoms with Gasteiger partial charge in [-0.15, -0.1) is 0 Å². The summed E-state index contributed by atoms with van der Waals surface area (Å²) >= 11 is 0. The van der Waals surface area contributed by atoms with Crippen LogP contribution in [-0.2, 0) is 14.3 Å². The molecule has 1 saturated heterocycles. The molecule has 2 fully saturated rings. The van der Waals surface area contributed by atoms with Crippen molar-refractivity contribution in [2.75, 3.05) is 19.8 Å². The van der Waals surface area contributed by atoms with Crippen LogP contribution in [0.3, 0.4) is 0 Å². The van der Waals surface area contributed by atoms with E-state index in [1.807, 2.05) is 6.92 Å². The Balaban J connectivity index is 1.39. The fraction of sp³-hybridized carbons (Fsp3) is 0.579. The first-order valence-corrected chi connectivity index (χ1v) is 8.93. The zero-order chi connectivity index (χ0) is 17.6. The molecule has 0 spiro atoms. The molecule has 0 aromatic heterocycles. The van der Waals surface area contributed by atoms with Gasteiger partial charge in [-0.3, -0.25) is 4.79 Å². The fourth-order valence-electron chi connectivity index (χ4n) is 2.88. The number of benzene rings is 1. The Bertz CT molecular complexity index is 590. The molecule has 1 aliphatic heterocycles. The summed E-state index contributed by atoms with van der Waals surface area (Å²) in [5.74, 6) is 0.481. The Hall–Kier alpha value is -2.08. The molecule has 2 aliphatic rings. The largest absolute Gasteiger partial charge is 0.491 e. The van der Waals surface area contributed by atoms with E-state index in [-0.39, 0.29) is 24.7 Å². The lowest BCUT2D eigenvalue weighted by Gasteiger charge is -2.13. The van der Waals surface area contributed by atoms with Crippen LogP contribution in [0.1, 0.15) is 43.0 Å². The molecule has 1 aromatic rings. The number of carbonyl (C=O) groups excluding carboxylic acids is 2. The predicted molar refractivity (Wildman–Crippen MR) is 91.5 cm³/mol. The van der Waals surface area contributed by atoms with E-state index >= 15 is 0 Å². The van der Waals surface area contributed by atoms with Gasteiger partial charge in [-0.1, -0.05) is 0 Å². The Labute approximate surface area is 147 Å². The van der Waals surface area contributed by atoms with Crippen molar-refractivity contribution in [2.24, 2.45) is 5.92 Å². The Morgan fingerprint density at radius 2 is 2.00 bits per heavy atom. The molecule has 1 aromatic carbocycles. The van der Waals surface area contributed by atoms with Gasteiger partial charge in [0.15, 0.2) is 6.61 Å². The molecule has 0 unspecified atom stereocenters. The summed E-state index contributed by atoms with van der Waals surface area (Å²) in [5.41, 5.74) is 0.396. The van der Waals surface area contributed by atoms with Gasteiger partial charge < -0.3 is 19.5 Å². The first-order valence-electron chi connectivity index (χ1n) is 8.93. The maximum absolute atomic E-state index is 12.0. The molecular formula is C19H25NO5. The van der Waals surface area contributed by atoms with Crippen LogP contribution >= 0.6 is 0 Å². The van der Waals surface area contributed by atoms with E-state index in [2.05, 4.69) is 5.32 Å². The van der Waals surface area contributed by atoms with Crippen molar-refractivity contribution in [2.45, 2.75) is 44.8 Å². The van der Waals surface area contributed by atoms with Crippen LogP contribution in [0.15, 0.2) is 24.3 Å². The summed E-state index contributed by atoms with van der Waals surface area (Å²) < 4.78 is 16.2. The van der Waals surface area contributed by atoms with Gasteiger partial charge in [-0.2, -0.15) is 0 Å². The van der Waals surface area contributed by atoms with Crippen molar-refractivity contribution in [1.82, 2.24) is 5.32 Å². The van der Waals surface area contributed by atoms with E-state index < -0.39 is 5.97 Å². The third kappa shape index (κ3) is 5.46. The second kappa shape index (κ2) is 8.34. The monoisotopic (exact) mass is 347 g/mol. The summed E-state index contributed by atoms with van der Waals surface area (Å²) in [7, 11) is 0. The van der Waals surface area contributed by atoms with Crippen LogP contribution < -0.4 is 10.1 Å². The number of nitrogens with one attached hydrogen (secondary N) is 1. The SMILES string of the molecule is C[C@H](NC(=O)COC(=O)c1ccc(OC[C@H]2CCCO2)cc1)C1CC1. The topological polar surface area (TPSA) is 73.9 Å². The van der Waals surface area contributed by atoms with Gasteiger partial charge in [0.2, 0.25) is 0 Å². The quantitative estimate of drug-likeness (QED) is 0.731. The second-order valence-electron chi connectivity index (χ2n) is 6.74. The lowest BCUT2D eigenvalue weighted by molar-refractivity contribution is -0.124. The molecule has 1 N–H and O–H groups in total. The van der Waals surface area contributed by atoms with E-state index in [0.717, 1.165) is 32.3 Å². The van der Waals surface area contributed by atoms with Gasteiger partial charge in [0.1, 0.15) is 12.4 Å². The zero-order valence-electron chi connectivity index (χ0n) is 14.5. The van der Waals surface area contributed by atoms with Crippen molar-refractivity contribution in [3.05, 3.63) is 29.8 Å². The van der Waals surface area contributed by atoms with Gasteiger partial charge in [0.05, 0.1) is 11.7 Å². The summed E-state index contributed by atoms with van der Waals surface area (Å²) in [6.45, 7) is 3.04. The highest BCUT2D eigenvalue weighted by Crippen LogP contribution is 2.32. The summed E-state index contributed by atoms with van der Waals surface area (Å²) in [6.07, 6.45) is 4.56. The minimum absolute atomic E-state index is 0.145. The van der Waals surface area contributed by atoms with Crippen LogP contribution in [0, 0.1) is 5.92 Å². The fourth-order valence-corrected chi connectivity index (χ4v) is 2.88. The lowest BCUT2D eigenvalue weighted by Crippen LogP contribution is -2.37. The third-order valence-electron chi connectivity index (χ3n) is 4.60. The van der Waals surface area contributed by atoms with Gasteiger partial charge >= 0.3 is 5.97 Å². The maximum atomic E-state index is 12.0. The van der Waals surface area contributed by atoms with Gasteiger partial charge in [-0.05, 0) is 62.8 Å². The molecule has 3 rings (SSSR count). The molecule has 0 radical (unpaired) electrons. The lowest BCUT2D eigenvalue weighted by atomic mass is 10.2. The van der Waals surface area contributed by atoms with Gasteiger partial charge in [0, 0.05) is 12.6 Å². The summed E-state index contributed by atoms with van der Waals surface area (Å²) in [4.78, 5) is 23.8. The average Bonchev–Trinajstić information content (AvgIpc) is 3.35. The van der Waals surface area contributed by atoms with Crippen LogP contribution in [0.5, 0.6) is 5.75 Å². The number of carbonyl (C=O) groups is 2. The molecule has 0 bridgehead atoms. The van der Waals surface area contributed by atoms with E-state index in [0.29, 0.717) is 23.8 Å². The number of amides is 1. The Kier molecular flexibility index (Phi) is 5.91. The number of hydrogen-bond acceptors (Lipinski definition) is 5. The number of esters is 1. The number of ether oxygens (including phenoxy) is 3. The minimum atomic E-state index is -0.514. The number of rotatable bonds is 8. The Morgan fingerprint density at radius 1 is 1.24 bits per heavy atom. The van der Waals surface area contributed by atoms with E-state index in [1.54, 1.807) is 24.3 Å². The molecule has 1 amide bonds.